The van der Waals surface area contributed by atoms with Crippen LogP contribution in [-0.2, 0) is 6.42 Å². The number of halogens is 3. The summed E-state index contributed by atoms with van der Waals surface area (Å²) in [5, 5.41) is 0.0748. The van der Waals surface area contributed by atoms with Gasteiger partial charge in [-0.05, 0) is 41.8 Å². The predicted octanol–water partition coefficient (Wildman–Crippen LogP) is 3.87. The molecule has 0 spiro atoms. The van der Waals surface area contributed by atoms with Crippen molar-refractivity contribution in [3.05, 3.63) is 64.2 Å². The highest BCUT2D eigenvalue weighted by molar-refractivity contribution is 6.30. The van der Waals surface area contributed by atoms with Crippen molar-refractivity contribution in [3.63, 3.8) is 0 Å². The molecule has 2 aromatic carbocycles. The Hall–Kier alpha value is -1.65. The van der Waals surface area contributed by atoms with Gasteiger partial charge < -0.3 is 10.5 Å². The van der Waals surface area contributed by atoms with Gasteiger partial charge in [0.05, 0.1) is 12.1 Å². The third kappa shape index (κ3) is 3.26. The van der Waals surface area contributed by atoms with Gasteiger partial charge in [-0.3, -0.25) is 0 Å². The molecule has 0 aromatic heterocycles. The summed E-state index contributed by atoms with van der Waals surface area (Å²) < 4.78 is 31.6. The lowest BCUT2D eigenvalue weighted by molar-refractivity contribution is 0.385. The molecule has 0 aliphatic heterocycles. The van der Waals surface area contributed by atoms with Crippen LogP contribution in [0.25, 0.3) is 0 Å². The fourth-order valence-electron chi connectivity index (χ4n) is 1.95. The quantitative estimate of drug-likeness (QED) is 0.930. The van der Waals surface area contributed by atoms with E-state index in [1.54, 1.807) is 18.2 Å². The standard InChI is InChI=1S/C15H14ClF2NO/c1-20-15-8-10(3-5-12(15)17)14(19)7-9-2-4-11(16)13(18)6-9/h2-6,8,14H,7,19H2,1H3. The fraction of sp³-hybridized carbons (Fsp3) is 0.200. The summed E-state index contributed by atoms with van der Waals surface area (Å²) in [5.41, 5.74) is 7.50. The van der Waals surface area contributed by atoms with Gasteiger partial charge in [0.2, 0.25) is 0 Å². The molecule has 0 radical (unpaired) electrons. The largest absolute Gasteiger partial charge is 0.494 e. The SMILES string of the molecule is COc1cc(C(N)Cc2ccc(Cl)c(F)c2)ccc1F. The molecule has 0 saturated heterocycles. The number of hydrogen-bond donors (Lipinski definition) is 1. The summed E-state index contributed by atoms with van der Waals surface area (Å²) in [6.07, 6.45) is 0.420. The van der Waals surface area contributed by atoms with Crippen LogP contribution in [0.4, 0.5) is 8.78 Å². The molecule has 0 aliphatic carbocycles. The van der Waals surface area contributed by atoms with E-state index in [4.69, 9.17) is 22.1 Å². The molecular formula is C15H14ClF2NO. The number of methoxy groups -OCH3 is 1. The van der Waals surface area contributed by atoms with Crippen molar-refractivity contribution >= 4 is 11.6 Å². The Labute approximate surface area is 121 Å². The summed E-state index contributed by atoms with van der Waals surface area (Å²) >= 11 is 5.63. The smallest absolute Gasteiger partial charge is 0.165 e. The second-order valence-electron chi connectivity index (χ2n) is 4.45. The second-order valence-corrected chi connectivity index (χ2v) is 4.86. The van der Waals surface area contributed by atoms with Crippen LogP contribution in [0.2, 0.25) is 5.02 Å². The number of rotatable bonds is 4. The minimum Gasteiger partial charge on any atom is -0.494 e. The molecule has 0 fully saturated rings. The molecule has 1 atom stereocenters. The van der Waals surface area contributed by atoms with Crippen molar-refractivity contribution in [3.8, 4) is 5.75 Å². The number of benzene rings is 2. The fourth-order valence-corrected chi connectivity index (χ4v) is 2.06. The van der Waals surface area contributed by atoms with Gasteiger partial charge in [0, 0.05) is 6.04 Å². The zero-order valence-electron chi connectivity index (χ0n) is 10.9. The Morgan fingerprint density at radius 2 is 1.90 bits per heavy atom. The summed E-state index contributed by atoms with van der Waals surface area (Å²) in [5.74, 6) is -0.783. The van der Waals surface area contributed by atoms with Gasteiger partial charge in [-0.1, -0.05) is 23.7 Å². The zero-order valence-corrected chi connectivity index (χ0v) is 11.6. The molecule has 0 heterocycles. The van der Waals surface area contributed by atoms with Crippen LogP contribution in [0.3, 0.4) is 0 Å². The maximum Gasteiger partial charge on any atom is 0.165 e. The molecule has 106 valence electrons. The summed E-state index contributed by atoms with van der Waals surface area (Å²) in [6, 6.07) is 8.61. The van der Waals surface area contributed by atoms with Crippen LogP contribution in [0.5, 0.6) is 5.75 Å². The molecule has 0 saturated carbocycles. The van der Waals surface area contributed by atoms with Gasteiger partial charge in [0.1, 0.15) is 5.82 Å². The normalized spacial score (nSPS) is 12.2. The molecule has 20 heavy (non-hydrogen) atoms. The Kier molecular flexibility index (Phi) is 4.57. The summed E-state index contributed by atoms with van der Waals surface area (Å²) in [7, 11) is 1.39. The summed E-state index contributed by atoms with van der Waals surface area (Å²) in [4.78, 5) is 0. The lowest BCUT2D eigenvalue weighted by Crippen LogP contribution is -2.13. The van der Waals surface area contributed by atoms with E-state index in [0.29, 0.717) is 6.42 Å². The molecule has 0 amide bonds. The van der Waals surface area contributed by atoms with Crippen molar-refractivity contribution in [2.75, 3.05) is 7.11 Å². The molecule has 2 aromatic rings. The van der Waals surface area contributed by atoms with E-state index in [0.717, 1.165) is 11.1 Å². The minimum atomic E-state index is -0.479. The van der Waals surface area contributed by atoms with Crippen LogP contribution >= 0.6 is 11.6 Å². The molecule has 2 nitrogen and oxygen atoms in total. The number of nitrogens with two attached hydrogens (primary N) is 1. The average molecular weight is 298 g/mol. The molecule has 5 heteroatoms. The lowest BCUT2D eigenvalue weighted by atomic mass is 9.99. The lowest BCUT2D eigenvalue weighted by Gasteiger charge is -2.14. The van der Waals surface area contributed by atoms with Gasteiger partial charge in [0.25, 0.3) is 0 Å². The van der Waals surface area contributed by atoms with Crippen LogP contribution in [0, 0.1) is 11.6 Å². The van der Waals surface area contributed by atoms with Crippen molar-refractivity contribution in [1.82, 2.24) is 0 Å². The maximum absolute atomic E-state index is 13.4. The zero-order chi connectivity index (χ0) is 14.7. The molecule has 0 bridgehead atoms. The van der Waals surface area contributed by atoms with E-state index >= 15 is 0 Å². The summed E-state index contributed by atoms with van der Waals surface area (Å²) in [6.45, 7) is 0. The molecular weight excluding hydrogens is 284 g/mol. The Morgan fingerprint density at radius 3 is 2.55 bits per heavy atom. The van der Waals surface area contributed by atoms with Crippen molar-refractivity contribution in [2.45, 2.75) is 12.5 Å². The van der Waals surface area contributed by atoms with E-state index in [1.165, 1.54) is 25.3 Å². The Morgan fingerprint density at radius 1 is 1.15 bits per heavy atom. The Bertz CT molecular complexity index is 619. The third-order valence-corrected chi connectivity index (χ3v) is 3.35. The van der Waals surface area contributed by atoms with Gasteiger partial charge in [0.15, 0.2) is 11.6 Å². The monoisotopic (exact) mass is 297 g/mol. The Balaban J connectivity index is 2.19. The first-order chi connectivity index (χ1) is 9.51. The van der Waals surface area contributed by atoms with E-state index < -0.39 is 11.6 Å². The van der Waals surface area contributed by atoms with Gasteiger partial charge in [-0.25, -0.2) is 8.78 Å². The van der Waals surface area contributed by atoms with E-state index in [-0.39, 0.29) is 16.8 Å². The minimum absolute atomic E-state index is 0.0748. The highest BCUT2D eigenvalue weighted by Crippen LogP contribution is 2.24. The van der Waals surface area contributed by atoms with Crippen molar-refractivity contribution in [1.29, 1.82) is 0 Å². The number of ether oxygens (including phenoxy) is 1. The highest BCUT2D eigenvalue weighted by Gasteiger charge is 2.12. The molecule has 0 aliphatic rings. The third-order valence-electron chi connectivity index (χ3n) is 3.04. The van der Waals surface area contributed by atoms with Crippen LogP contribution < -0.4 is 10.5 Å². The van der Waals surface area contributed by atoms with Crippen LogP contribution in [0.15, 0.2) is 36.4 Å². The van der Waals surface area contributed by atoms with E-state index in [9.17, 15) is 8.78 Å². The topological polar surface area (TPSA) is 35.2 Å². The first kappa shape index (κ1) is 14.8. The van der Waals surface area contributed by atoms with Crippen LogP contribution in [-0.4, -0.2) is 7.11 Å². The van der Waals surface area contributed by atoms with Gasteiger partial charge in [-0.2, -0.15) is 0 Å². The van der Waals surface area contributed by atoms with Gasteiger partial charge >= 0.3 is 0 Å². The van der Waals surface area contributed by atoms with Crippen molar-refractivity contribution < 1.29 is 13.5 Å². The molecule has 2 rings (SSSR count). The van der Waals surface area contributed by atoms with E-state index in [1.807, 2.05) is 0 Å². The van der Waals surface area contributed by atoms with E-state index in [2.05, 4.69) is 0 Å². The van der Waals surface area contributed by atoms with Crippen LogP contribution in [0.1, 0.15) is 17.2 Å². The number of hydrogen-bond acceptors (Lipinski definition) is 2. The van der Waals surface area contributed by atoms with Gasteiger partial charge in [-0.15, -0.1) is 0 Å². The second kappa shape index (κ2) is 6.20. The first-order valence-corrected chi connectivity index (χ1v) is 6.42. The first-order valence-electron chi connectivity index (χ1n) is 6.04. The molecule has 2 N–H and O–H groups in total. The predicted molar refractivity (Wildman–Crippen MR) is 75.0 cm³/mol. The highest BCUT2D eigenvalue weighted by atomic mass is 35.5. The average Bonchev–Trinajstić information content (AvgIpc) is 2.43. The maximum atomic E-state index is 13.4. The molecule has 1 unspecified atom stereocenters. The van der Waals surface area contributed by atoms with Crippen molar-refractivity contribution in [2.24, 2.45) is 5.73 Å².